The van der Waals surface area contributed by atoms with Gasteiger partial charge in [-0.25, -0.2) is 0 Å². The van der Waals surface area contributed by atoms with Gasteiger partial charge in [0, 0.05) is 11.0 Å². The van der Waals surface area contributed by atoms with Crippen LogP contribution in [0.15, 0.2) is 23.4 Å². The van der Waals surface area contributed by atoms with Crippen molar-refractivity contribution in [3.63, 3.8) is 0 Å². The van der Waals surface area contributed by atoms with Crippen LogP contribution in [0.1, 0.15) is 47.1 Å². The Kier molecular flexibility index (Phi) is 4.00. The van der Waals surface area contributed by atoms with E-state index in [1.54, 1.807) is 33.1 Å². The third-order valence-corrected chi connectivity index (χ3v) is 5.14. The average Bonchev–Trinajstić information content (AvgIpc) is 2.91. The van der Waals surface area contributed by atoms with Gasteiger partial charge in [0.15, 0.2) is 11.3 Å². The van der Waals surface area contributed by atoms with Crippen LogP contribution in [0.3, 0.4) is 0 Å². The molecule has 25 heavy (non-hydrogen) atoms. The fourth-order valence-corrected chi connectivity index (χ4v) is 2.75. The summed E-state index contributed by atoms with van der Waals surface area (Å²) in [6.07, 6.45) is 0. The molecule has 0 bridgehead atoms. The van der Waals surface area contributed by atoms with Gasteiger partial charge in [0.25, 0.3) is 0 Å². The van der Waals surface area contributed by atoms with Crippen LogP contribution in [0.5, 0.6) is 5.75 Å². The second-order valence-electron chi connectivity index (χ2n) is 7.92. The number of ether oxygens (including phenoxy) is 1. The number of hydrogen-bond acceptors (Lipinski definition) is 6. The molecule has 7 heteroatoms. The van der Waals surface area contributed by atoms with Crippen LogP contribution in [0.4, 0.5) is 0 Å². The van der Waals surface area contributed by atoms with Crippen molar-refractivity contribution in [3.8, 4) is 5.75 Å². The van der Waals surface area contributed by atoms with Gasteiger partial charge in [-0.2, -0.15) is 0 Å². The van der Waals surface area contributed by atoms with Crippen molar-refractivity contribution in [2.45, 2.75) is 58.3 Å². The number of rotatable bonds is 3. The van der Waals surface area contributed by atoms with E-state index in [4.69, 9.17) is 18.9 Å². The molecule has 1 aromatic carbocycles. The lowest BCUT2D eigenvalue weighted by Crippen LogP contribution is -2.41. The quantitative estimate of drug-likeness (QED) is 0.785. The lowest BCUT2D eigenvalue weighted by atomic mass is 9.77. The minimum atomic E-state index is -0.945. The third-order valence-electron chi connectivity index (χ3n) is 5.14. The second kappa shape index (κ2) is 5.57. The van der Waals surface area contributed by atoms with E-state index < -0.39 is 23.9 Å². The summed E-state index contributed by atoms with van der Waals surface area (Å²) >= 11 is 0. The molecule has 2 aliphatic heterocycles. The summed E-state index contributed by atoms with van der Waals surface area (Å²) in [6, 6.07) is 5.40. The maximum atomic E-state index is 12.5. The number of methoxy groups -OCH3 is 1. The van der Waals surface area contributed by atoms with Crippen molar-refractivity contribution in [3.05, 3.63) is 23.8 Å². The van der Waals surface area contributed by atoms with Crippen molar-refractivity contribution >= 4 is 24.1 Å². The molecule has 2 aliphatic rings. The molecule has 2 heterocycles. The van der Waals surface area contributed by atoms with Gasteiger partial charge < -0.3 is 18.9 Å². The SMILES string of the molecule is COc1ccc(C2=NOC(C)(C)C2=O)cc1B1OC(C)(C)C(C)(C)O1. The maximum absolute atomic E-state index is 12.5. The minimum absolute atomic E-state index is 0.155. The molecule has 0 aromatic heterocycles. The Hall–Kier alpha value is -1.86. The van der Waals surface area contributed by atoms with E-state index in [0.29, 0.717) is 17.0 Å². The Balaban J connectivity index is 2.00. The molecule has 0 amide bonds. The van der Waals surface area contributed by atoms with Crippen LogP contribution in [-0.4, -0.2) is 42.5 Å². The average molecular weight is 345 g/mol. The zero-order valence-corrected chi connectivity index (χ0v) is 15.8. The Morgan fingerprint density at radius 2 is 1.64 bits per heavy atom. The zero-order valence-electron chi connectivity index (χ0n) is 15.8. The van der Waals surface area contributed by atoms with Gasteiger partial charge in [-0.3, -0.25) is 4.79 Å². The van der Waals surface area contributed by atoms with Gasteiger partial charge in [-0.05, 0) is 59.7 Å². The van der Waals surface area contributed by atoms with Crippen LogP contribution in [0.25, 0.3) is 0 Å². The van der Waals surface area contributed by atoms with E-state index in [-0.39, 0.29) is 5.78 Å². The molecular weight excluding hydrogens is 321 g/mol. The fourth-order valence-electron chi connectivity index (χ4n) is 2.75. The molecule has 0 spiro atoms. The van der Waals surface area contributed by atoms with Crippen molar-refractivity contribution < 1.29 is 23.7 Å². The van der Waals surface area contributed by atoms with Gasteiger partial charge in [0.05, 0.1) is 18.3 Å². The summed E-state index contributed by atoms with van der Waals surface area (Å²) in [5, 5.41) is 3.96. The molecule has 1 saturated heterocycles. The van der Waals surface area contributed by atoms with E-state index in [0.717, 1.165) is 5.46 Å². The molecule has 0 atom stereocenters. The number of Topliss-reactive ketones (excluding diaryl/α,β-unsaturated/α-hetero) is 1. The number of oxime groups is 1. The molecule has 0 N–H and O–H groups in total. The molecule has 0 radical (unpaired) electrons. The first-order chi connectivity index (χ1) is 11.5. The van der Waals surface area contributed by atoms with Gasteiger partial charge >= 0.3 is 7.12 Å². The summed E-state index contributed by atoms with van der Waals surface area (Å²) in [6.45, 7) is 11.4. The van der Waals surface area contributed by atoms with Crippen LogP contribution >= 0.6 is 0 Å². The van der Waals surface area contributed by atoms with Crippen molar-refractivity contribution in [2.24, 2.45) is 5.16 Å². The number of ketones is 1. The van der Waals surface area contributed by atoms with E-state index in [1.165, 1.54) is 0 Å². The van der Waals surface area contributed by atoms with E-state index in [1.807, 2.05) is 33.8 Å². The highest BCUT2D eigenvalue weighted by atomic mass is 16.7. The lowest BCUT2D eigenvalue weighted by Gasteiger charge is -2.32. The topological polar surface area (TPSA) is 66.4 Å². The van der Waals surface area contributed by atoms with Crippen LogP contribution < -0.4 is 10.2 Å². The highest BCUT2D eigenvalue weighted by Crippen LogP contribution is 2.37. The van der Waals surface area contributed by atoms with Crippen LogP contribution in [0.2, 0.25) is 0 Å². The van der Waals surface area contributed by atoms with Crippen molar-refractivity contribution in [1.82, 2.24) is 0 Å². The summed E-state index contributed by atoms with van der Waals surface area (Å²) in [5.74, 6) is 0.478. The Morgan fingerprint density at radius 1 is 1.04 bits per heavy atom. The molecule has 0 unspecified atom stereocenters. The summed E-state index contributed by atoms with van der Waals surface area (Å²) in [5.41, 5.74) is -0.209. The number of carbonyl (C=O) groups excluding carboxylic acids is 1. The van der Waals surface area contributed by atoms with Gasteiger partial charge in [0.2, 0.25) is 5.78 Å². The van der Waals surface area contributed by atoms with Gasteiger partial charge in [0.1, 0.15) is 5.75 Å². The minimum Gasteiger partial charge on any atom is -0.497 e. The highest BCUT2D eigenvalue weighted by molar-refractivity contribution is 6.63. The molecule has 1 fully saturated rings. The molecule has 3 rings (SSSR count). The maximum Gasteiger partial charge on any atom is 0.498 e. The van der Waals surface area contributed by atoms with E-state index in [9.17, 15) is 4.79 Å². The van der Waals surface area contributed by atoms with Crippen molar-refractivity contribution in [1.29, 1.82) is 0 Å². The van der Waals surface area contributed by atoms with E-state index in [2.05, 4.69) is 5.16 Å². The molecule has 0 saturated carbocycles. The van der Waals surface area contributed by atoms with Gasteiger partial charge in [-0.15, -0.1) is 0 Å². The highest BCUT2D eigenvalue weighted by Gasteiger charge is 2.52. The van der Waals surface area contributed by atoms with E-state index >= 15 is 0 Å². The molecule has 0 aliphatic carbocycles. The predicted octanol–water partition coefficient (Wildman–Crippen LogP) is 2.08. The first-order valence-electron chi connectivity index (χ1n) is 8.33. The monoisotopic (exact) mass is 345 g/mol. The number of nitrogens with zero attached hydrogens (tertiary/aromatic N) is 1. The molecule has 134 valence electrons. The molecule has 1 aromatic rings. The summed E-state index contributed by atoms with van der Waals surface area (Å²) < 4.78 is 17.7. The first-order valence-corrected chi connectivity index (χ1v) is 8.33. The standard InChI is InChI=1S/C18H24BNO5/c1-16(2)15(21)14(20-25-16)11-8-9-13(22-7)12(10-11)19-23-17(3,4)18(5,6)24-19/h8-10H,1-7H3. The van der Waals surface area contributed by atoms with Crippen LogP contribution in [0, 0.1) is 0 Å². The Labute approximate surface area is 148 Å². The molecule has 6 nitrogen and oxygen atoms in total. The number of hydrogen-bond donors (Lipinski definition) is 0. The third kappa shape index (κ3) is 2.85. The molecular formula is C18H24BNO5. The second-order valence-corrected chi connectivity index (χ2v) is 7.92. The zero-order chi connectivity index (χ0) is 18.6. The first kappa shape index (κ1) is 18.0. The number of benzene rings is 1. The number of carbonyl (C=O) groups is 1. The van der Waals surface area contributed by atoms with Crippen LogP contribution in [-0.2, 0) is 18.9 Å². The Bertz CT molecular complexity index is 738. The smallest absolute Gasteiger partial charge is 0.497 e. The summed E-state index contributed by atoms with van der Waals surface area (Å²) in [7, 11) is 1.000. The fraction of sp³-hybridized carbons (Fsp3) is 0.556. The summed E-state index contributed by atoms with van der Waals surface area (Å²) in [4.78, 5) is 17.7. The normalized spacial score (nSPS) is 23.4. The Morgan fingerprint density at radius 3 is 2.12 bits per heavy atom. The lowest BCUT2D eigenvalue weighted by molar-refractivity contribution is -0.128. The van der Waals surface area contributed by atoms with Crippen molar-refractivity contribution in [2.75, 3.05) is 7.11 Å². The van der Waals surface area contributed by atoms with Gasteiger partial charge in [-0.1, -0.05) is 5.16 Å². The predicted molar refractivity (Wildman–Crippen MR) is 95.4 cm³/mol. The largest absolute Gasteiger partial charge is 0.498 e.